The van der Waals surface area contributed by atoms with Crippen molar-refractivity contribution < 1.29 is 9.53 Å². The second-order valence-electron chi connectivity index (χ2n) is 4.91. The molecule has 3 nitrogen and oxygen atoms in total. The van der Waals surface area contributed by atoms with E-state index in [-0.39, 0.29) is 11.9 Å². The van der Waals surface area contributed by atoms with E-state index in [0.717, 1.165) is 17.7 Å². The van der Waals surface area contributed by atoms with Gasteiger partial charge in [0.2, 0.25) is 0 Å². The van der Waals surface area contributed by atoms with Crippen LogP contribution < -0.4 is 5.32 Å². The SMILES string of the molecule is CCC(C)C(=O)OCc1ccc(NC(C)C)cc1. The van der Waals surface area contributed by atoms with Crippen molar-refractivity contribution >= 4 is 11.7 Å². The van der Waals surface area contributed by atoms with Crippen LogP contribution in [-0.2, 0) is 16.1 Å². The number of ether oxygens (including phenoxy) is 1. The first-order valence-corrected chi connectivity index (χ1v) is 6.55. The quantitative estimate of drug-likeness (QED) is 0.783. The predicted molar refractivity (Wildman–Crippen MR) is 74.5 cm³/mol. The van der Waals surface area contributed by atoms with Gasteiger partial charge in [-0.25, -0.2) is 0 Å². The first kappa shape index (κ1) is 14.6. The maximum atomic E-state index is 11.5. The Morgan fingerprint density at radius 2 is 1.83 bits per heavy atom. The molecule has 1 unspecified atom stereocenters. The van der Waals surface area contributed by atoms with E-state index < -0.39 is 0 Å². The highest BCUT2D eigenvalue weighted by molar-refractivity contribution is 5.71. The molecule has 1 aromatic carbocycles. The Hall–Kier alpha value is -1.51. The fraction of sp³-hybridized carbons (Fsp3) is 0.533. The molecule has 0 saturated heterocycles. The number of nitrogens with one attached hydrogen (secondary N) is 1. The van der Waals surface area contributed by atoms with Crippen LogP contribution in [0.5, 0.6) is 0 Å². The van der Waals surface area contributed by atoms with E-state index in [4.69, 9.17) is 4.74 Å². The Bertz CT molecular complexity index is 371. The third-order valence-corrected chi connectivity index (χ3v) is 2.81. The summed E-state index contributed by atoms with van der Waals surface area (Å²) in [4.78, 5) is 11.5. The highest BCUT2D eigenvalue weighted by Crippen LogP contribution is 2.12. The molecule has 0 heterocycles. The number of esters is 1. The lowest BCUT2D eigenvalue weighted by Gasteiger charge is -2.11. The van der Waals surface area contributed by atoms with Crippen LogP contribution in [0.1, 0.15) is 39.7 Å². The summed E-state index contributed by atoms with van der Waals surface area (Å²) in [5.41, 5.74) is 2.10. The van der Waals surface area contributed by atoms with Crippen LogP contribution in [0.3, 0.4) is 0 Å². The van der Waals surface area contributed by atoms with Gasteiger partial charge in [0.1, 0.15) is 6.61 Å². The van der Waals surface area contributed by atoms with Crippen molar-refractivity contribution in [1.82, 2.24) is 0 Å². The van der Waals surface area contributed by atoms with Gasteiger partial charge in [-0.05, 0) is 38.0 Å². The fourth-order valence-electron chi connectivity index (χ4n) is 1.49. The maximum Gasteiger partial charge on any atom is 0.308 e. The number of hydrogen-bond acceptors (Lipinski definition) is 3. The molecule has 1 N–H and O–H groups in total. The molecular formula is C15H23NO2. The van der Waals surface area contributed by atoms with Crippen LogP contribution >= 0.6 is 0 Å². The summed E-state index contributed by atoms with van der Waals surface area (Å²) >= 11 is 0. The number of hydrogen-bond donors (Lipinski definition) is 1. The average molecular weight is 249 g/mol. The van der Waals surface area contributed by atoms with Crippen LogP contribution in [-0.4, -0.2) is 12.0 Å². The van der Waals surface area contributed by atoms with E-state index in [1.165, 1.54) is 0 Å². The van der Waals surface area contributed by atoms with E-state index in [1.54, 1.807) is 0 Å². The van der Waals surface area contributed by atoms with Gasteiger partial charge in [0.15, 0.2) is 0 Å². The zero-order valence-electron chi connectivity index (χ0n) is 11.7. The van der Waals surface area contributed by atoms with Crippen LogP contribution in [0, 0.1) is 5.92 Å². The molecule has 0 aliphatic carbocycles. The van der Waals surface area contributed by atoms with Crippen molar-refractivity contribution in [2.24, 2.45) is 5.92 Å². The Morgan fingerprint density at radius 1 is 1.22 bits per heavy atom. The molecule has 100 valence electrons. The zero-order chi connectivity index (χ0) is 13.5. The first-order valence-electron chi connectivity index (χ1n) is 6.55. The lowest BCUT2D eigenvalue weighted by molar-refractivity contribution is -0.149. The van der Waals surface area contributed by atoms with Gasteiger partial charge in [0, 0.05) is 11.7 Å². The van der Waals surface area contributed by atoms with Gasteiger partial charge >= 0.3 is 5.97 Å². The highest BCUT2D eigenvalue weighted by Gasteiger charge is 2.11. The molecule has 0 bridgehead atoms. The molecule has 1 rings (SSSR count). The summed E-state index contributed by atoms with van der Waals surface area (Å²) in [6.07, 6.45) is 0.816. The van der Waals surface area contributed by atoms with E-state index in [2.05, 4.69) is 19.2 Å². The van der Waals surface area contributed by atoms with Gasteiger partial charge in [-0.2, -0.15) is 0 Å². The van der Waals surface area contributed by atoms with Crippen molar-refractivity contribution in [2.45, 2.75) is 46.8 Å². The van der Waals surface area contributed by atoms with Crippen LogP contribution in [0.4, 0.5) is 5.69 Å². The summed E-state index contributed by atoms with van der Waals surface area (Å²) in [7, 11) is 0. The average Bonchev–Trinajstić information content (AvgIpc) is 2.36. The Labute approximate surface area is 110 Å². The minimum atomic E-state index is -0.123. The standard InChI is InChI=1S/C15H23NO2/c1-5-12(4)15(17)18-10-13-6-8-14(9-7-13)16-11(2)3/h6-9,11-12,16H,5,10H2,1-4H3. The molecule has 0 aliphatic heterocycles. The largest absolute Gasteiger partial charge is 0.461 e. The number of carbonyl (C=O) groups is 1. The molecule has 0 aromatic heterocycles. The highest BCUT2D eigenvalue weighted by atomic mass is 16.5. The van der Waals surface area contributed by atoms with Crippen LogP contribution in [0.2, 0.25) is 0 Å². The predicted octanol–water partition coefficient (Wildman–Crippen LogP) is 3.60. The van der Waals surface area contributed by atoms with Gasteiger partial charge in [-0.3, -0.25) is 4.79 Å². The van der Waals surface area contributed by atoms with Gasteiger partial charge in [-0.1, -0.05) is 26.0 Å². The molecule has 1 atom stereocenters. The fourth-order valence-corrected chi connectivity index (χ4v) is 1.49. The van der Waals surface area contributed by atoms with Gasteiger partial charge in [0.25, 0.3) is 0 Å². The molecule has 18 heavy (non-hydrogen) atoms. The molecule has 0 fully saturated rings. The van der Waals surface area contributed by atoms with Crippen molar-refractivity contribution in [3.8, 4) is 0 Å². The van der Waals surface area contributed by atoms with E-state index in [9.17, 15) is 4.79 Å². The van der Waals surface area contributed by atoms with Gasteiger partial charge < -0.3 is 10.1 Å². The van der Waals surface area contributed by atoms with E-state index in [1.807, 2.05) is 38.1 Å². The lowest BCUT2D eigenvalue weighted by Crippen LogP contribution is -2.13. The van der Waals surface area contributed by atoms with Crippen LogP contribution in [0.15, 0.2) is 24.3 Å². The summed E-state index contributed by atoms with van der Waals surface area (Å²) in [6.45, 7) is 8.42. The Morgan fingerprint density at radius 3 is 2.33 bits per heavy atom. The van der Waals surface area contributed by atoms with E-state index in [0.29, 0.717) is 12.6 Å². The topological polar surface area (TPSA) is 38.3 Å². The molecule has 3 heteroatoms. The van der Waals surface area contributed by atoms with Crippen molar-refractivity contribution in [3.05, 3.63) is 29.8 Å². The second-order valence-corrected chi connectivity index (χ2v) is 4.91. The third kappa shape index (κ3) is 4.78. The maximum absolute atomic E-state index is 11.5. The van der Waals surface area contributed by atoms with Crippen LogP contribution in [0.25, 0.3) is 0 Å². The normalized spacial score (nSPS) is 12.3. The van der Waals surface area contributed by atoms with E-state index >= 15 is 0 Å². The monoisotopic (exact) mass is 249 g/mol. The lowest BCUT2D eigenvalue weighted by atomic mass is 10.1. The van der Waals surface area contributed by atoms with Crippen molar-refractivity contribution in [3.63, 3.8) is 0 Å². The van der Waals surface area contributed by atoms with Crippen molar-refractivity contribution in [2.75, 3.05) is 5.32 Å². The summed E-state index contributed by atoms with van der Waals surface area (Å²) in [5.74, 6) is -0.145. The third-order valence-electron chi connectivity index (χ3n) is 2.81. The number of anilines is 1. The number of benzene rings is 1. The van der Waals surface area contributed by atoms with Gasteiger partial charge in [-0.15, -0.1) is 0 Å². The Kier molecular flexibility index (Phi) is 5.69. The molecule has 1 aromatic rings. The molecular weight excluding hydrogens is 226 g/mol. The zero-order valence-corrected chi connectivity index (χ0v) is 11.7. The molecule has 0 radical (unpaired) electrons. The first-order chi connectivity index (χ1) is 8.52. The second kappa shape index (κ2) is 7.04. The molecule has 0 spiro atoms. The summed E-state index contributed by atoms with van der Waals surface area (Å²) in [5, 5.41) is 3.32. The molecule has 0 aliphatic rings. The number of carbonyl (C=O) groups excluding carboxylic acids is 1. The minimum absolute atomic E-state index is 0.0214. The summed E-state index contributed by atoms with van der Waals surface area (Å²) < 4.78 is 5.24. The molecule has 0 saturated carbocycles. The number of rotatable bonds is 6. The summed E-state index contributed by atoms with van der Waals surface area (Å²) in [6, 6.07) is 8.39. The van der Waals surface area contributed by atoms with Crippen molar-refractivity contribution in [1.29, 1.82) is 0 Å². The smallest absolute Gasteiger partial charge is 0.308 e. The molecule has 0 amide bonds. The Balaban J connectivity index is 2.46. The van der Waals surface area contributed by atoms with Gasteiger partial charge in [0.05, 0.1) is 5.92 Å². The minimum Gasteiger partial charge on any atom is -0.461 e.